The first kappa shape index (κ1) is 14.0. The van der Waals surface area contributed by atoms with Crippen LogP contribution in [0.4, 0.5) is 0 Å². The number of benzene rings is 2. The Morgan fingerprint density at radius 2 is 1.73 bits per heavy atom. The molecular formula is C19H15NO2. The number of para-hydroxylation sites is 1. The number of aromatic nitrogens is 1. The number of esters is 1. The second-order valence-electron chi connectivity index (χ2n) is 4.88. The first-order valence-electron chi connectivity index (χ1n) is 6.98. The maximum absolute atomic E-state index is 11.4. The number of methoxy groups -OCH3 is 1. The van der Waals surface area contributed by atoms with Gasteiger partial charge in [0.2, 0.25) is 0 Å². The normalized spacial score (nSPS) is 11.0. The van der Waals surface area contributed by atoms with E-state index >= 15 is 0 Å². The van der Waals surface area contributed by atoms with Crippen molar-refractivity contribution in [1.29, 1.82) is 0 Å². The number of carbonyl (C=O) groups excluding carboxylic acids is 1. The zero-order valence-electron chi connectivity index (χ0n) is 12.2. The highest BCUT2D eigenvalue weighted by Gasteiger charge is 2.03. The average molecular weight is 289 g/mol. The minimum atomic E-state index is -0.327. The molecule has 0 radical (unpaired) electrons. The van der Waals surface area contributed by atoms with Gasteiger partial charge in [0.05, 0.1) is 23.9 Å². The van der Waals surface area contributed by atoms with Gasteiger partial charge in [0.1, 0.15) is 0 Å². The number of nitrogens with zero attached hydrogens (tertiary/aromatic N) is 1. The van der Waals surface area contributed by atoms with E-state index in [-0.39, 0.29) is 5.97 Å². The largest absolute Gasteiger partial charge is 0.465 e. The molecule has 1 heterocycles. The van der Waals surface area contributed by atoms with E-state index in [0.29, 0.717) is 5.56 Å². The van der Waals surface area contributed by atoms with E-state index in [1.807, 2.05) is 54.6 Å². The lowest BCUT2D eigenvalue weighted by atomic mass is 10.1. The maximum atomic E-state index is 11.4. The predicted molar refractivity (Wildman–Crippen MR) is 88.5 cm³/mol. The third-order valence-electron chi connectivity index (χ3n) is 3.40. The lowest BCUT2D eigenvalue weighted by Crippen LogP contribution is -2.00. The summed E-state index contributed by atoms with van der Waals surface area (Å²) in [7, 11) is 1.38. The number of fused-ring (bicyclic) bond motifs is 1. The van der Waals surface area contributed by atoms with Crippen LogP contribution in [0.25, 0.3) is 23.1 Å². The Kier molecular flexibility index (Phi) is 3.97. The van der Waals surface area contributed by atoms with Crippen molar-refractivity contribution in [3.63, 3.8) is 0 Å². The van der Waals surface area contributed by atoms with Crippen LogP contribution in [-0.2, 0) is 4.74 Å². The van der Waals surface area contributed by atoms with Crippen LogP contribution in [0.15, 0.2) is 60.7 Å². The number of pyridine rings is 1. The topological polar surface area (TPSA) is 39.2 Å². The molecule has 0 aliphatic carbocycles. The van der Waals surface area contributed by atoms with Gasteiger partial charge in [-0.15, -0.1) is 0 Å². The summed E-state index contributed by atoms with van der Waals surface area (Å²) in [6, 6.07) is 19.3. The van der Waals surface area contributed by atoms with Crippen molar-refractivity contribution in [1.82, 2.24) is 4.98 Å². The fourth-order valence-electron chi connectivity index (χ4n) is 2.20. The monoisotopic (exact) mass is 289 g/mol. The molecule has 3 nitrogen and oxygen atoms in total. The zero-order chi connectivity index (χ0) is 15.4. The molecule has 0 spiro atoms. The van der Waals surface area contributed by atoms with Gasteiger partial charge in [0, 0.05) is 5.39 Å². The van der Waals surface area contributed by atoms with Gasteiger partial charge in [-0.1, -0.05) is 42.5 Å². The van der Waals surface area contributed by atoms with Crippen LogP contribution < -0.4 is 0 Å². The first-order chi connectivity index (χ1) is 10.8. The van der Waals surface area contributed by atoms with Gasteiger partial charge in [-0.3, -0.25) is 0 Å². The molecule has 0 fully saturated rings. The SMILES string of the molecule is COC(=O)c1ccc(/C=C/c2ccc3ccccc3n2)cc1. The summed E-state index contributed by atoms with van der Waals surface area (Å²) >= 11 is 0. The third kappa shape index (κ3) is 3.04. The molecule has 0 N–H and O–H groups in total. The molecular weight excluding hydrogens is 274 g/mol. The Balaban J connectivity index is 1.81. The molecule has 0 amide bonds. The van der Waals surface area contributed by atoms with Gasteiger partial charge in [-0.05, 0) is 35.9 Å². The van der Waals surface area contributed by atoms with Crippen molar-refractivity contribution in [2.75, 3.05) is 7.11 Å². The summed E-state index contributed by atoms with van der Waals surface area (Å²) in [5.74, 6) is -0.327. The Hall–Kier alpha value is -2.94. The van der Waals surface area contributed by atoms with Crippen molar-refractivity contribution in [3.8, 4) is 0 Å². The van der Waals surface area contributed by atoms with E-state index < -0.39 is 0 Å². The number of hydrogen-bond donors (Lipinski definition) is 0. The number of rotatable bonds is 3. The number of carbonyl (C=O) groups is 1. The molecule has 0 aliphatic heterocycles. The Labute approximate surface area is 128 Å². The second kappa shape index (κ2) is 6.22. The minimum absolute atomic E-state index is 0.327. The van der Waals surface area contributed by atoms with E-state index in [9.17, 15) is 4.79 Å². The molecule has 2 aromatic carbocycles. The Morgan fingerprint density at radius 1 is 0.955 bits per heavy atom. The highest BCUT2D eigenvalue weighted by Crippen LogP contribution is 2.14. The van der Waals surface area contributed by atoms with Gasteiger partial charge in [0.25, 0.3) is 0 Å². The Bertz CT molecular complexity index is 835. The summed E-state index contributed by atoms with van der Waals surface area (Å²) in [5.41, 5.74) is 3.42. The summed E-state index contributed by atoms with van der Waals surface area (Å²) in [4.78, 5) is 16.0. The first-order valence-corrected chi connectivity index (χ1v) is 6.98. The Morgan fingerprint density at radius 3 is 2.50 bits per heavy atom. The summed E-state index contributed by atoms with van der Waals surface area (Å²) in [6.45, 7) is 0. The van der Waals surface area contributed by atoms with Crippen LogP contribution in [-0.4, -0.2) is 18.1 Å². The average Bonchev–Trinajstić information content (AvgIpc) is 2.59. The maximum Gasteiger partial charge on any atom is 0.337 e. The van der Waals surface area contributed by atoms with Gasteiger partial charge in [0.15, 0.2) is 0 Å². The lowest BCUT2D eigenvalue weighted by molar-refractivity contribution is 0.0601. The van der Waals surface area contributed by atoms with Crippen LogP contribution in [0, 0.1) is 0 Å². The van der Waals surface area contributed by atoms with Gasteiger partial charge in [-0.25, -0.2) is 9.78 Å². The van der Waals surface area contributed by atoms with Gasteiger partial charge < -0.3 is 4.74 Å². The molecule has 1 aromatic heterocycles. The van der Waals surface area contributed by atoms with E-state index in [2.05, 4.69) is 15.8 Å². The standard InChI is InChI=1S/C19H15NO2/c1-22-19(21)16-9-6-14(7-10-16)8-12-17-13-11-15-4-2-3-5-18(15)20-17/h2-13H,1H3/b12-8+. The van der Waals surface area contributed by atoms with Crippen molar-refractivity contribution < 1.29 is 9.53 Å². The van der Waals surface area contributed by atoms with Crippen LogP contribution in [0.3, 0.4) is 0 Å². The molecule has 0 aliphatic rings. The molecule has 108 valence electrons. The molecule has 0 saturated heterocycles. The molecule has 0 bridgehead atoms. The smallest absolute Gasteiger partial charge is 0.337 e. The minimum Gasteiger partial charge on any atom is -0.465 e. The van der Waals surface area contributed by atoms with Crippen molar-refractivity contribution in [2.45, 2.75) is 0 Å². The quantitative estimate of drug-likeness (QED) is 0.679. The number of hydrogen-bond acceptors (Lipinski definition) is 3. The van der Waals surface area contributed by atoms with Gasteiger partial charge >= 0.3 is 5.97 Å². The van der Waals surface area contributed by atoms with Crippen molar-refractivity contribution in [3.05, 3.63) is 77.5 Å². The lowest BCUT2D eigenvalue weighted by Gasteiger charge is -2.00. The fourth-order valence-corrected chi connectivity index (χ4v) is 2.20. The second-order valence-corrected chi connectivity index (χ2v) is 4.88. The highest BCUT2D eigenvalue weighted by atomic mass is 16.5. The molecule has 3 aromatic rings. The van der Waals surface area contributed by atoms with Crippen LogP contribution >= 0.6 is 0 Å². The molecule has 0 saturated carbocycles. The fraction of sp³-hybridized carbons (Fsp3) is 0.0526. The van der Waals surface area contributed by atoms with Crippen LogP contribution in [0.1, 0.15) is 21.6 Å². The van der Waals surface area contributed by atoms with E-state index in [1.165, 1.54) is 7.11 Å². The summed E-state index contributed by atoms with van der Waals surface area (Å²) < 4.78 is 4.68. The van der Waals surface area contributed by atoms with E-state index in [4.69, 9.17) is 0 Å². The predicted octanol–water partition coefficient (Wildman–Crippen LogP) is 4.19. The van der Waals surface area contributed by atoms with Crippen molar-refractivity contribution >= 4 is 29.0 Å². The van der Waals surface area contributed by atoms with Crippen molar-refractivity contribution in [2.24, 2.45) is 0 Å². The molecule has 0 atom stereocenters. The number of ether oxygens (including phenoxy) is 1. The molecule has 3 rings (SSSR count). The van der Waals surface area contributed by atoms with Gasteiger partial charge in [-0.2, -0.15) is 0 Å². The molecule has 0 unspecified atom stereocenters. The third-order valence-corrected chi connectivity index (χ3v) is 3.40. The highest BCUT2D eigenvalue weighted by molar-refractivity contribution is 5.89. The zero-order valence-corrected chi connectivity index (χ0v) is 12.2. The molecule has 3 heteroatoms. The summed E-state index contributed by atoms with van der Waals surface area (Å²) in [5, 5.41) is 1.13. The van der Waals surface area contributed by atoms with Crippen LogP contribution in [0.2, 0.25) is 0 Å². The van der Waals surface area contributed by atoms with E-state index in [0.717, 1.165) is 22.2 Å². The van der Waals surface area contributed by atoms with E-state index in [1.54, 1.807) is 12.1 Å². The summed E-state index contributed by atoms with van der Waals surface area (Å²) in [6.07, 6.45) is 3.93. The molecule has 22 heavy (non-hydrogen) atoms. The van der Waals surface area contributed by atoms with Crippen LogP contribution in [0.5, 0.6) is 0 Å².